The van der Waals surface area contributed by atoms with Crippen molar-refractivity contribution in [2.24, 2.45) is 0 Å². The van der Waals surface area contributed by atoms with Gasteiger partial charge >= 0.3 is 123 Å². The van der Waals surface area contributed by atoms with Crippen molar-refractivity contribution >= 4 is 41.1 Å². The molecule has 0 saturated heterocycles. The predicted molar refractivity (Wildman–Crippen MR) is 83.4 cm³/mol. The van der Waals surface area contributed by atoms with Crippen molar-refractivity contribution < 1.29 is 17.5 Å². The minimum atomic E-state index is -4.67. The predicted octanol–water partition coefficient (Wildman–Crippen LogP) is 2.42. The molecule has 0 aliphatic carbocycles. The molecular weight excluding hydrogens is 287 g/mol. The Bertz CT molecular complexity index is 544. The maximum absolute atomic E-state index is 8.74. The van der Waals surface area contributed by atoms with Crippen molar-refractivity contribution in [1.82, 2.24) is 0 Å². The van der Waals surface area contributed by atoms with Gasteiger partial charge in [-0.05, 0) is 0 Å². The van der Waals surface area contributed by atoms with Crippen LogP contribution in [0, 0.1) is 0 Å². The van der Waals surface area contributed by atoms with Gasteiger partial charge in [-0.2, -0.15) is 8.42 Å². The van der Waals surface area contributed by atoms with Crippen LogP contribution in [0.2, 0.25) is 0 Å². The van der Waals surface area contributed by atoms with Crippen LogP contribution >= 0.6 is 0 Å². The summed E-state index contributed by atoms with van der Waals surface area (Å²) in [5.74, 6) is 0. The summed E-state index contributed by atoms with van der Waals surface area (Å²) in [6.45, 7) is 13.7. The monoisotopic (exact) mass is 310 g/mol. The summed E-state index contributed by atoms with van der Waals surface area (Å²) in [5, 5.41) is 0. The molecule has 0 heterocycles. The summed E-state index contributed by atoms with van der Waals surface area (Å²) in [6, 6.07) is 7.01. The van der Waals surface area contributed by atoms with E-state index in [-0.39, 0.29) is 10.8 Å². The molecule has 110 valence electrons. The quantitative estimate of drug-likeness (QED) is 0.570. The fourth-order valence-corrected chi connectivity index (χ4v) is 2.96. The molecule has 20 heavy (non-hydrogen) atoms. The standard InChI is InChI=1S/C14H21.Na.H2O4S/c1-13(2,3)11-8-7-9-12(10-11)14(4,5)6;;1-5(2,3)4/h7-8,10H,1-6H3;;(H2,1,2,3,4). The third-order valence-corrected chi connectivity index (χ3v) is 3.78. The zero-order valence-corrected chi connectivity index (χ0v) is 16.2. The number of rotatable bonds is 0. The fourth-order valence-electron chi connectivity index (χ4n) is 1.90. The second-order valence-corrected chi connectivity index (χ2v) is 8.95. The third kappa shape index (κ3) is 8.39. The fraction of sp³-hybridized carbons (Fsp3) is 0.571. The van der Waals surface area contributed by atoms with E-state index < -0.39 is 10.4 Å². The average Bonchev–Trinajstić information content (AvgIpc) is 2.11. The Morgan fingerprint density at radius 1 is 0.950 bits per heavy atom. The first kappa shape index (κ1) is 20.1. The molecule has 0 radical (unpaired) electrons. The molecule has 0 aliphatic heterocycles. The zero-order chi connectivity index (χ0) is 16.4. The van der Waals surface area contributed by atoms with Gasteiger partial charge in [0.1, 0.15) is 0 Å². The van der Waals surface area contributed by atoms with E-state index in [1.54, 1.807) is 0 Å². The van der Waals surface area contributed by atoms with Crippen molar-refractivity contribution in [2.45, 2.75) is 52.4 Å². The minimum absolute atomic E-state index is 0.259. The van der Waals surface area contributed by atoms with E-state index in [0.717, 1.165) is 27.9 Å². The molecule has 0 unspecified atom stereocenters. The maximum atomic E-state index is 8.74. The first-order valence-electron chi connectivity index (χ1n) is 6.44. The van der Waals surface area contributed by atoms with Crippen LogP contribution in [-0.4, -0.2) is 45.5 Å². The van der Waals surface area contributed by atoms with Gasteiger partial charge in [-0.3, -0.25) is 9.11 Å². The van der Waals surface area contributed by atoms with E-state index >= 15 is 0 Å². The summed E-state index contributed by atoms with van der Waals surface area (Å²) in [6.07, 6.45) is 0. The molecule has 0 atom stereocenters. The SMILES string of the molecule is CC(C)(C)c1cc[c]([Na])c(C(C)(C)C)c1.O=S(=O)(O)O. The summed E-state index contributed by atoms with van der Waals surface area (Å²) in [4.78, 5) is 0. The molecule has 0 fully saturated rings. The van der Waals surface area contributed by atoms with E-state index in [1.807, 2.05) is 0 Å². The van der Waals surface area contributed by atoms with Gasteiger partial charge in [-0.1, -0.05) is 0 Å². The Morgan fingerprint density at radius 3 is 1.65 bits per heavy atom. The molecule has 0 saturated carbocycles. The summed E-state index contributed by atoms with van der Waals surface area (Å²) >= 11 is 1.14. The number of hydrogen-bond donors (Lipinski definition) is 2. The Labute approximate surface area is 140 Å². The van der Waals surface area contributed by atoms with E-state index in [9.17, 15) is 0 Å². The Hall–Kier alpha value is 0.0900. The summed E-state index contributed by atoms with van der Waals surface area (Å²) in [5.41, 5.74) is 3.52. The third-order valence-electron chi connectivity index (χ3n) is 2.91. The molecular formula is C14H23NaO4S. The molecule has 0 bridgehead atoms. The van der Waals surface area contributed by atoms with Gasteiger partial charge in [0.15, 0.2) is 0 Å². The smallest absolute Gasteiger partial charge is 0.264 e. The Morgan fingerprint density at radius 2 is 1.35 bits per heavy atom. The van der Waals surface area contributed by atoms with Gasteiger partial charge in [0.25, 0.3) is 0 Å². The van der Waals surface area contributed by atoms with E-state index in [0.29, 0.717) is 0 Å². The maximum Gasteiger partial charge on any atom is 0.394 e. The van der Waals surface area contributed by atoms with E-state index in [2.05, 4.69) is 59.7 Å². The van der Waals surface area contributed by atoms with Gasteiger partial charge < -0.3 is 0 Å². The normalized spacial score (nSPS) is 12.7. The van der Waals surface area contributed by atoms with Crippen LogP contribution in [0.5, 0.6) is 0 Å². The van der Waals surface area contributed by atoms with Gasteiger partial charge in [-0.15, -0.1) is 0 Å². The molecule has 1 rings (SSSR count). The topological polar surface area (TPSA) is 74.6 Å². The van der Waals surface area contributed by atoms with E-state index in [4.69, 9.17) is 17.5 Å². The zero-order valence-electron chi connectivity index (χ0n) is 13.4. The first-order valence-corrected chi connectivity index (χ1v) is 8.83. The molecule has 0 spiro atoms. The van der Waals surface area contributed by atoms with Crippen LogP contribution in [-0.2, 0) is 21.2 Å². The molecule has 1 aromatic rings. The van der Waals surface area contributed by atoms with Gasteiger partial charge in [0.05, 0.1) is 0 Å². The van der Waals surface area contributed by atoms with Crippen molar-refractivity contribution in [1.29, 1.82) is 0 Å². The van der Waals surface area contributed by atoms with Crippen molar-refractivity contribution in [3.05, 3.63) is 29.3 Å². The Balaban J connectivity index is 0.000000621. The Kier molecular flexibility index (Phi) is 6.93. The molecule has 2 N–H and O–H groups in total. The van der Waals surface area contributed by atoms with Gasteiger partial charge in [0, 0.05) is 0 Å². The molecule has 1 aromatic carbocycles. The molecule has 0 aliphatic rings. The van der Waals surface area contributed by atoms with Crippen LogP contribution in [0.1, 0.15) is 52.7 Å². The average molecular weight is 310 g/mol. The van der Waals surface area contributed by atoms with Crippen molar-refractivity contribution in [2.75, 3.05) is 0 Å². The molecule has 6 heteroatoms. The second-order valence-electron chi connectivity index (χ2n) is 6.98. The largest absolute Gasteiger partial charge is 0.394 e. The van der Waals surface area contributed by atoms with Crippen LogP contribution < -0.4 is 2.81 Å². The minimum Gasteiger partial charge on any atom is -0.264 e. The summed E-state index contributed by atoms with van der Waals surface area (Å²) in [7, 11) is -4.67. The molecule has 0 amide bonds. The molecule has 0 aromatic heterocycles. The van der Waals surface area contributed by atoms with Gasteiger partial charge in [0.2, 0.25) is 0 Å². The number of hydrogen-bond acceptors (Lipinski definition) is 2. The van der Waals surface area contributed by atoms with Crippen LogP contribution in [0.3, 0.4) is 0 Å². The second kappa shape index (κ2) is 6.90. The number of benzene rings is 1. The van der Waals surface area contributed by atoms with Crippen molar-refractivity contribution in [3.8, 4) is 0 Å². The first-order chi connectivity index (χ1) is 8.62. The summed E-state index contributed by atoms with van der Waals surface area (Å²) < 4.78 is 33.1. The van der Waals surface area contributed by atoms with E-state index in [1.165, 1.54) is 13.9 Å². The van der Waals surface area contributed by atoms with Gasteiger partial charge in [-0.25, -0.2) is 0 Å². The van der Waals surface area contributed by atoms with Crippen molar-refractivity contribution in [3.63, 3.8) is 0 Å². The molecule has 4 nitrogen and oxygen atoms in total. The van der Waals surface area contributed by atoms with Crippen LogP contribution in [0.15, 0.2) is 18.2 Å². The van der Waals surface area contributed by atoms with Crippen LogP contribution in [0.4, 0.5) is 0 Å². The van der Waals surface area contributed by atoms with Crippen LogP contribution in [0.25, 0.3) is 0 Å².